The van der Waals surface area contributed by atoms with Gasteiger partial charge in [0.2, 0.25) is 0 Å². The molecule has 4 nitrogen and oxygen atoms in total. The summed E-state index contributed by atoms with van der Waals surface area (Å²) in [5.41, 5.74) is 0.495. The molecule has 1 aromatic rings. The van der Waals surface area contributed by atoms with Crippen molar-refractivity contribution in [3.8, 4) is 5.75 Å². The van der Waals surface area contributed by atoms with Gasteiger partial charge in [0.25, 0.3) is 0 Å². The number of hydrogen-bond donors (Lipinski definition) is 3. The van der Waals surface area contributed by atoms with Crippen molar-refractivity contribution in [1.82, 2.24) is 0 Å². The molecule has 0 aliphatic carbocycles. The summed E-state index contributed by atoms with van der Waals surface area (Å²) in [7, 11) is 0. The minimum Gasteiger partial charge on any atom is -0.508 e. The smallest absolute Gasteiger partial charge is 0.482 e. The summed E-state index contributed by atoms with van der Waals surface area (Å²) >= 11 is 0. The van der Waals surface area contributed by atoms with Crippen molar-refractivity contribution in [2.75, 3.05) is 0 Å². The highest BCUT2D eigenvalue weighted by Crippen LogP contribution is 2.07. The molecule has 1 radical (unpaired) electrons. The van der Waals surface area contributed by atoms with Crippen molar-refractivity contribution >= 4 is 14.0 Å². The van der Waals surface area contributed by atoms with E-state index in [-0.39, 0.29) is 13.4 Å². The van der Waals surface area contributed by atoms with Crippen molar-refractivity contribution < 1.29 is 19.9 Å². The SMILES string of the molecule is O=Cc1cccc(O)c1.O[B]O. The quantitative estimate of drug-likeness (QED) is 0.396. The third-order valence-corrected chi connectivity index (χ3v) is 1.01. The Hall–Kier alpha value is -1.33. The third-order valence-electron chi connectivity index (χ3n) is 1.01. The first-order valence-corrected chi connectivity index (χ1v) is 3.09. The van der Waals surface area contributed by atoms with Crippen molar-refractivity contribution in [2.24, 2.45) is 0 Å². The largest absolute Gasteiger partial charge is 0.508 e. The summed E-state index contributed by atoms with van der Waals surface area (Å²) in [5, 5.41) is 22.8. The average Bonchev–Trinajstić information content (AvgIpc) is 2.06. The van der Waals surface area contributed by atoms with Crippen molar-refractivity contribution in [1.29, 1.82) is 0 Å². The Morgan fingerprint density at radius 2 is 1.92 bits per heavy atom. The number of carbonyl (C=O) groups excluding carboxylic acids is 1. The van der Waals surface area contributed by atoms with E-state index in [0.717, 1.165) is 0 Å². The van der Waals surface area contributed by atoms with E-state index in [0.29, 0.717) is 11.8 Å². The molecule has 5 heteroatoms. The fraction of sp³-hybridized carbons (Fsp3) is 0. The molecule has 0 fully saturated rings. The van der Waals surface area contributed by atoms with Gasteiger partial charge in [0.15, 0.2) is 0 Å². The zero-order valence-corrected chi connectivity index (χ0v) is 6.21. The maximum atomic E-state index is 10.0. The molecule has 0 saturated heterocycles. The highest BCUT2D eigenvalue weighted by Gasteiger charge is 1.88. The second-order valence-electron chi connectivity index (χ2n) is 1.83. The molecule has 1 aromatic carbocycles. The molecule has 0 bridgehead atoms. The highest BCUT2D eigenvalue weighted by molar-refractivity contribution is 6.13. The van der Waals surface area contributed by atoms with Crippen LogP contribution in [0, 0.1) is 0 Å². The van der Waals surface area contributed by atoms with Gasteiger partial charge in [0, 0.05) is 5.56 Å². The van der Waals surface area contributed by atoms with Crippen LogP contribution in [0.5, 0.6) is 5.75 Å². The van der Waals surface area contributed by atoms with Gasteiger partial charge in [0.05, 0.1) is 0 Å². The van der Waals surface area contributed by atoms with E-state index < -0.39 is 0 Å². The molecule has 0 amide bonds. The fourth-order valence-electron chi connectivity index (χ4n) is 0.598. The van der Waals surface area contributed by atoms with Crippen LogP contribution in [0.25, 0.3) is 0 Å². The monoisotopic (exact) mass is 167 g/mol. The van der Waals surface area contributed by atoms with Gasteiger partial charge < -0.3 is 15.2 Å². The molecular formula is C7H8BO4. The Morgan fingerprint density at radius 1 is 1.33 bits per heavy atom. The van der Waals surface area contributed by atoms with Crippen LogP contribution in [0.2, 0.25) is 0 Å². The number of aromatic hydroxyl groups is 1. The molecule has 12 heavy (non-hydrogen) atoms. The summed E-state index contributed by atoms with van der Waals surface area (Å²) in [6.07, 6.45) is 0.694. The van der Waals surface area contributed by atoms with Crippen LogP contribution in [0.1, 0.15) is 10.4 Å². The second-order valence-corrected chi connectivity index (χ2v) is 1.83. The topological polar surface area (TPSA) is 77.8 Å². The summed E-state index contributed by atoms with van der Waals surface area (Å²) in [4.78, 5) is 10.0. The molecule has 1 rings (SSSR count). The Labute approximate surface area is 70.4 Å². The van der Waals surface area contributed by atoms with Gasteiger partial charge in [-0.3, -0.25) is 4.79 Å². The first-order chi connectivity index (χ1) is 5.74. The number of benzene rings is 1. The Balaban J connectivity index is 0.000000354. The Kier molecular flexibility index (Phi) is 5.68. The van der Waals surface area contributed by atoms with E-state index in [2.05, 4.69) is 0 Å². The molecule has 0 aliphatic heterocycles. The van der Waals surface area contributed by atoms with Gasteiger partial charge >= 0.3 is 7.69 Å². The average molecular weight is 167 g/mol. The minimum absolute atomic E-state index is 0. The molecule has 0 heterocycles. The fourth-order valence-corrected chi connectivity index (χ4v) is 0.598. The molecule has 63 valence electrons. The zero-order chi connectivity index (χ0) is 9.40. The minimum atomic E-state index is 0. The number of phenolic OH excluding ortho intramolecular Hbond substituents is 1. The zero-order valence-electron chi connectivity index (χ0n) is 6.21. The standard InChI is InChI=1S/C7H6O2.BH2O2/c8-5-6-2-1-3-7(9)4-6;2-1-3/h1-5,9H;2-3H. The van der Waals surface area contributed by atoms with E-state index in [1.807, 2.05) is 0 Å². The number of aldehydes is 1. The van der Waals surface area contributed by atoms with Crippen LogP contribution in [-0.4, -0.2) is 29.1 Å². The van der Waals surface area contributed by atoms with Crippen LogP contribution >= 0.6 is 0 Å². The van der Waals surface area contributed by atoms with Crippen LogP contribution in [0.3, 0.4) is 0 Å². The van der Waals surface area contributed by atoms with E-state index in [1.165, 1.54) is 12.1 Å². The number of carbonyl (C=O) groups is 1. The van der Waals surface area contributed by atoms with Crippen LogP contribution in [0.15, 0.2) is 24.3 Å². The van der Waals surface area contributed by atoms with Crippen LogP contribution in [-0.2, 0) is 0 Å². The van der Waals surface area contributed by atoms with E-state index in [9.17, 15) is 4.79 Å². The second kappa shape index (κ2) is 6.39. The molecule has 0 aromatic heterocycles. The van der Waals surface area contributed by atoms with E-state index >= 15 is 0 Å². The van der Waals surface area contributed by atoms with E-state index in [4.69, 9.17) is 15.2 Å². The Bertz CT molecular complexity index is 239. The van der Waals surface area contributed by atoms with Gasteiger partial charge in [-0.2, -0.15) is 0 Å². The first kappa shape index (κ1) is 10.7. The van der Waals surface area contributed by atoms with Crippen LogP contribution in [0.4, 0.5) is 0 Å². The molecule has 0 atom stereocenters. The first-order valence-electron chi connectivity index (χ1n) is 3.09. The normalized spacial score (nSPS) is 7.83. The molecular weight excluding hydrogens is 159 g/mol. The molecule has 0 spiro atoms. The lowest BCUT2D eigenvalue weighted by molar-refractivity contribution is 0.112. The number of phenols is 1. The van der Waals surface area contributed by atoms with Crippen molar-refractivity contribution in [3.63, 3.8) is 0 Å². The highest BCUT2D eigenvalue weighted by atomic mass is 16.4. The van der Waals surface area contributed by atoms with Gasteiger partial charge in [-0.15, -0.1) is 0 Å². The molecule has 0 unspecified atom stereocenters. The lowest BCUT2D eigenvalue weighted by Crippen LogP contribution is -1.75. The molecule has 3 N–H and O–H groups in total. The summed E-state index contributed by atoms with van der Waals surface area (Å²) in [6, 6.07) is 6.19. The van der Waals surface area contributed by atoms with Crippen molar-refractivity contribution in [2.45, 2.75) is 0 Å². The van der Waals surface area contributed by atoms with Crippen LogP contribution < -0.4 is 0 Å². The predicted octanol–water partition coefficient (Wildman–Crippen LogP) is -0.290. The number of rotatable bonds is 1. The summed E-state index contributed by atoms with van der Waals surface area (Å²) < 4.78 is 0. The van der Waals surface area contributed by atoms with Gasteiger partial charge in [-0.25, -0.2) is 0 Å². The summed E-state index contributed by atoms with van der Waals surface area (Å²) in [6.45, 7) is 0. The van der Waals surface area contributed by atoms with Gasteiger partial charge in [0.1, 0.15) is 12.0 Å². The maximum absolute atomic E-state index is 10.0. The van der Waals surface area contributed by atoms with Gasteiger partial charge in [-0.05, 0) is 12.1 Å². The lowest BCUT2D eigenvalue weighted by Gasteiger charge is -1.89. The maximum Gasteiger partial charge on any atom is 0.482 e. The number of hydrogen-bond acceptors (Lipinski definition) is 4. The predicted molar refractivity (Wildman–Crippen MR) is 43.7 cm³/mol. The van der Waals surface area contributed by atoms with Crippen molar-refractivity contribution in [3.05, 3.63) is 29.8 Å². The van der Waals surface area contributed by atoms with Gasteiger partial charge in [-0.1, -0.05) is 12.1 Å². The molecule has 0 saturated carbocycles. The third kappa shape index (κ3) is 4.48. The summed E-state index contributed by atoms with van der Waals surface area (Å²) in [5.74, 6) is 0.125. The Morgan fingerprint density at radius 3 is 2.25 bits per heavy atom. The lowest BCUT2D eigenvalue weighted by atomic mass is 10.2. The molecule has 0 aliphatic rings. The van der Waals surface area contributed by atoms with E-state index in [1.54, 1.807) is 12.1 Å².